The lowest BCUT2D eigenvalue weighted by atomic mass is 10.2. The molecule has 0 fully saturated rings. The van der Waals surface area contributed by atoms with Gasteiger partial charge in [-0.05, 0) is 44.9 Å². The monoisotopic (exact) mass is 237 g/mol. The summed E-state index contributed by atoms with van der Waals surface area (Å²) in [6, 6.07) is 10.3. The zero-order valence-electron chi connectivity index (χ0n) is 10.6. The lowest BCUT2D eigenvalue weighted by Crippen LogP contribution is -2.28. The van der Waals surface area contributed by atoms with Crippen molar-refractivity contribution in [3.05, 3.63) is 30.3 Å². The van der Waals surface area contributed by atoms with E-state index in [9.17, 15) is 0 Å². The fourth-order valence-corrected chi connectivity index (χ4v) is 1.63. The van der Waals surface area contributed by atoms with Crippen LogP contribution in [0.2, 0.25) is 0 Å². The van der Waals surface area contributed by atoms with Crippen molar-refractivity contribution in [2.24, 2.45) is 0 Å². The Morgan fingerprint density at radius 3 is 2.71 bits per heavy atom. The number of aliphatic hydroxyl groups excluding tert-OH is 1. The maximum Gasteiger partial charge on any atom is 0.119 e. The average molecular weight is 237 g/mol. The molecule has 0 amide bonds. The molecule has 0 heterocycles. The van der Waals surface area contributed by atoms with Crippen molar-refractivity contribution in [2.45, 2.75) is 32.2 Å². The van der Waals surface area contributed by atoms with Gasteiger partial charge in [0, 0.05) is 12.6 Å². The molecule has 3 heteroatoms. The summed E-state index contributed by atoms with van der Waals surface area (Å²) < 4.78 is 5.59. The predicted molar refractivity (Wildman–Crippen MR) is 70.3 cm³/mol. The first-order valence-electron chi connectivity index (χ1n) is 6.35. The zero-order valence-corrected chi connectivity index (χ0v) is 10.6. The second-order valence-corrected chi connectivity index (χ2v) is 4.24. The number of aliphatic hydroxyl groups is 1. The summed E-state index contributed by atoms with van der Waals surface area (Å²) in [5.41, 5.74) is 0. The molecule has 0 aliphatic heterocycles. The molecule has 17 heavy (non-hydrogen) atoms. The van der Waals surface area contributed by atoms with Gasteiger partial charge in [-0.15, -0.1) is 0 Å². The topological polar surface area (TPSA) is 41.5 Å². The van der Waals surface area contributed by atoms with Gasteiger partial charge >= 0.3 is 0 Å². The Morgan fingerprint density at radius 2 is 2.00 bits per heavy atom. The number of nitrogens with one attached hydrogen (secondary N) is 1. The highest BCUT2D eigenvalue weighted by Crippen LogP contribution is 2.08. The maximum atomic E-state index is 8.70. The average Bonchev–Trinajstić information content (AvgIpc) is 2.37. The third-order valence-electron chi connectivity index (χ3n) is 2.62. The largest absolute Gasteiger partial charge is 0.494 e. The van der Waals surface area contributed by atoms with Gasteiger partial charge in [0.05, 0.1) is 6.61 Å². The number of hydrogen-bond donors (Lipinski definition) is 2. The lowest BCUT2D eigenvalue weighted by Gasteiger charge is -2.13. The summed E-state index contributed by atoms with van der Waals surface area (Å²) in [7, 11) is 0. The van der Waals surface area contributed by atoms with Crippen LogP contribution in [0.15, 0.2) is 30.3 Å². The van der Waals surface area contributed by atoms with E-state index in [1.165, 1.54) is 0 Å². The molecule has 1 aromatic rings. The van der Waals surface area contributed by atoms with E-state index in [1.807, 2.05) is 30.3 Å². The van der Waals surface area contributed by atoms with Crippen LogP contribution in [0.3, 0.4) is 0 Å². The van der Waals surface area contributed by atoms with Crippen LogP contribution >= 0.6 is 0 Å². The molecule has 2 N–H and O–H groups in total. The van der Waals surface area contributed by atoms with Gasteiger partial charge in [-0.25, -0.2) is 0 Å². The Kier molecular flexibility index (Phi) is 7.43. The number of ether oxygens (including phenoxy) is 1. The minimum atomic E-state index is 0.281. The number of benzene rings is 1. The van der Waals surface area contributed by atoms with Crippen molar-refractivity contribution in [3.8, 4) is 5.75 Å². The van der Waals surface area contributed by atoms with E-state index in [-0.39, 0.29) is 6.61 Å². The van der Waals surface area contributed by atoms with Gasteiger partial charge in [0.2, 0.25) is 0 Å². The van der Waals surface area contributed by atoms with Crippen molar-refractivity contribution in [1.29, 1.82) is 0 Å². The van der Waals surface area contributed by atoms with E-state index >= 15 is 0 Å². The van der Waals surface area contributed by atoms with E-state index < -0.39 is 0 Å². The van der Waals surface area contributed by atoms with Gasteiger partial charge in [0.15, 0.2) is 0 Å². The van der Waals surface area contributed by atoms with Crippen LogP contribution < -0.4 is 10.1 Å². The molecule has 0 aliphatic carbocycles. The molecule has 0 aliphatic rings. The molecule has 0 aromatic heterocycles. The first-order chi connectivity index (χ1) is 8.33. The van der Waals surface area contributed by atoms with Crippen LogP contribution in [-0.2, 0) is 0 Å². The second kappa shape index (κ2) is 9.02. The summed E-state index contributed by atoms with van der Waals surface area (Å²) in [6.45, 7) is 4.13. The Bertz CT molecular complexity index is 277. The fraction of sp³-hybridized carbons (Fsp3) is 0.571. The molecule has 1 atom stereocenters. The first-order valence-corrected chi connectivity index (χ1v) is 6.35. The van der Waals surface area contributed by atoms with Crippen LogP contribution in [0.5, 0.6) is 5.75 Å². The quantitative estimate of drug-likeness (QED) is 0.647. The molecular formula is C14H23NO2. The van der Waals surface area contributed by atoms with E-state index in [0.29, 0.717) is 6.04 Å². The molecule has 1 rings (SSSR count). The number of para-hydroxylation sites is 1. The van der Waals surface area contributed by atoms with Crippen molar-refractivity contribution in [1.82, 2.24) is 5.32 Å². The van der Waals surface area contributed by atoms with E-state index in [2.05, 4.69) is 12.2 Å². The molecule has 0 saturated heterocycles. The van der Waals surface area contributed by atoms with Crippen LogP contribution in [0.1, 0.15) is 26.2 Å². The van der Waals surface area contributed by atoms with Crippen molar-refractivity contribution in [3.63, 3.8) is 0 Å². The van der Waals surface area contributed by atoms with Gasteiger partial charge < -0.3 is 15.2 Å². The molecule has 96 valence electrons. The normalized spacial score (nSPS) is 12.4. The first kappa shape index (κ1) is 14.0. The summed E-state index contributed by atoms with van der Waals surface area (Å²) in [5.74, 6) is 0.931. The Hall–Kier alpha value is -1.06. The van der Waals surface area contributed by atoms with Crippen LogP contribution in [-0.4, -0.2) is 30.9 Å². The number of hydrogen-bond acceptors (Lipinski definition) is 3. The standard InChI is InChI=1S/C14H23NO2/c1-13(7-5-11-16)15-10-6-12-17-14-8-3-2-4-9-14/h2-4,8-9,13,15-16H,5-7,10-12H2,1H3. The van der Waals surface area contributed by atoms with Crippen LogP contribution in [0, 0.1) is 0 Å². The van der Waals surface area contributed by atoms with E-state index in [0.717, 1.165) is 38.2 Å². The molecule has 0 bridgehead atoms. The molecular weight excluding hydrogens is 214 g/mol. The van der Waals surface area contributed by atoms with Crippen LogP contribution in [0.4, 0.5) is 0 Å². The molecule has 3 nitrogen and oxygen atoms in total. The molecule has 0 radical (unpaired) electrons. The fourth-order valence-electron chi connectivity index (χ4n) is 1.63. The van der Waals surface area contributed by atoms with Crippen molar-refractivity contribution in [2.75, 3.05) is 19.8 Å². The van der Waals surface area contributed by atoms with E-state index in [4.69, 9.17) is 9.84 Å². The highest BCUT2D eigenvalue weighted by atomic mass is 16.5. The third kappa shape index (κ3) is 6.97. The smallest absolute Gasteiger partial charge is 0.119 e. The third-order valence-corrected chi connectivity index (χ3v) is 2.62. The van der Waals surface area contributed by atoms with Gasteiger partial charge in [-0.1, -0.05) is 18.2 Å². The van der Waals surface area contributed by atoms with E-state index in [1.54, 1.807) is 0 Å². The Balaban J connectivity index is 1.97. The summed E-state index contributed by atoms with van der Waals surface area (Å²) in [5, 5.41) is 12.1. The minimum Gasteiger partial charge on any atom is -0.494 e. The van der Waals surface area contributed by atoms with Crippen molar-refractivity contribution < 1.29 is 9.84 Å². The van der Waals surface area contributed by atoms with Gasteiger partial charge in [-0.2, -0.15) is 0 Å². The summed E-state index contributed by atoms with van der Waals surface area (Å²) in [6.07, 6.45) is 2.89. The highest BCUT2D eigenvalue weighted by Gasteiger charge is 1.99. The maximum absolute atomic E-state index is 8.70. The summed E-state index contributed by atoms with van der Waals surface area (Å²) >= 11 is 0. The molecule has 1 aromatic carbocycles. The summed E-state index contributed by atoms with van der Waals surface area (Å²) in [4.78, 5) is 0. The Labute approximate surface area is 104 Å². The second-order valence-electron chi connectivity index (χ2n) is 4.24. The highest BCUT2D eigenvalue weighted by molar-refractivity contribution is 5.20. The van der Waals surface area contributed by atoms with Gasteiger partial charge in [-0.3, -0.25) is 0 Å². The van der Waals surface area contributed by atoms with Crippen molar-refractivity contribution >= 4 is 0 Å². The minimum absolute atomic E-state index is 0.281. The molecule has 0 saturated carbocycles. The van der Waals surface area contributed by atoms with Crippen LogP contribution in [0.25, 0.3) is 0 Å². The predicted octanol–water partition coefficient (Wildman–Crippen LogP) is 2.21. The lowest BCUT2D eigenvalue weighted by molar-refractivity contribution is 0.273. The SMILES string of the molecule is CC(CCCO)NCCCOc1ccccc1. The Morgan fingerprint density at radius 1 is 1.24 bits per heavy atom. The molecule has 0 spiro atoms. The number of rotatable bonds is 9. The molecule has 1 unspecified atom stereocenters. The van der Waals surface area contributed by atoms with Gasteiger partial charge in [0.1, 0.15) is 5.75 Å². The zero-order chi connectivity index (χ0) is 12.3. The van der Waals surface area contributed by atoms with Gasteiger partial charge in [0.25, 0.3) is 0 Å².